The lowest BCUT2D eigenvalue weighted by Gasteiger charge is -2.27. The van der Waals surface area contributed by atoms with Crippen LogP contribution in [0.4, 0.5) is 0 Å². The zero-order valence-electron chi connectivity index (χ0n) is 11.2. The maximum Gasteiger partial charge on any atom is 0.191 e. The van der Waals surface area contributed by atoms with Crippen LogP contribution in [-0.2, 0) is 6.42 Å². The zero-order chi connectivity index (χ0) is 12.8. The first-order valence-electron chi connectivity index (χ1n) is 6.29. The Balaban J connectivity index is 0.00000180. The number of rotatable bonds is 4. The molecule has 108 valence electrons. The molecule has 1 fully saturated rings. The molecule has 0 aliphatic carbocycles. The monoisotopic (exact) mass is 412 g/mol. The molecule has 0 bridgehead atoms. The van der Waals surface area contributed by atoms with Crippen molar-refractivity contribution >= 4 is 53.0 Å². The molecule has 1 aromatic heterocycles. The van der Waals surface area contributed by atoms with Crippen molar-refractivity contribution in [2.24, 2.45) is 10.7 Å². The molecule has 2 heterocycles. The lowest BCUT2D eigenvalue weighted by atomic mass is 10.3. The average molecular weight is 412 g/mol. The van der Waals surface area contributed by atoms with Gasteiger partial charge >= 0.3 is 0 Å². The molecule has 2 rings (SSSR count). The molecular weight excluding hydrogens is 391 g/mol. The number of halogens is 1. The third kappa shape index (κ3) is 5.86. The summed E-state index contributed by atoms with van der Waals surface area (Å²) in [6.07, 6.45) is 2.03. The van der Waals surface area contributed by atoms with Crippen molar-refractivity contribution in [3.63, 3.8) is 0 Å². The van der Waals surface area contributed by atoms with Crippen LogP contribution in [0.3, 0.4) is 0 Å². The predicted octanol–water partition coefficient (Wildman–Crippen LogP) is 2.37. The fourth-order valence-corrected chi connectivity index (χ4v) is 3.56. The molecule has 1 aliphatic heterocycles. The third-order valence-electron chi connectivity index (χ3n) is 2.82. The second kappa shape index (κ2) is 9.02. The van der Waals surface area contributed by atoms with Gasteiger partial charge in [0.15, 0.2) is 5.96 Å². The highest BCUT2D eigenvalue weighted by molar-refractivity contribution is 14.0. The molecule has 0 saturated carbocycles. The van der Waals surface area contributed by atoms with E-state index < -0.39 is 0 Å². The predicted molar refractivity (Wildman–Crippen MR) is 96.0 cm³/mol. The van der Waals surface area contributed by atoms with Gasteiger partial charge in [-0.2, -0.15) is 11.8 Å². The molecule has 2 N–H and O–H groups in total. The first kappa shape index (κ1) is 17.0. The van der Waals surface area contributed by atoms with E-state index in [0.717, 1.165) is 49.7 Å². The molecule has 0 spiro atoms. The van der Waals surface area contributed by atoms with Crippen LogP contribution in [0.2, 0.25) is 0 Å². The van der Waals surface area contributed by atoms with Crippen molar-refractivity contribution in [3.05, 3.63) is 16.1 Å². The maximum absolute atomic E-state index is 5.99. The Morgan fingerprint density at radius 3 is 2.84 bits per heavy atom. The first-order valence-corrected chi connectivity index (χ1v) is 8.33. The lowest BCUT2D eigenvalue weighted by Crippen LogP contribution is -2.42. The topological polar surface area (TPSA) is 54.5 Å². The van der Waals surface area contributed by atoms with Crippen molar-refractivity contribution in [3.8, 4) is 0 Å². The van der Waals surface area contributed by atoms with Crippen molar-refractivity contribution in [2.75, 3.05) is 31.1 Å². The number of nitrogens with two attached hydrogens (primary N) is 1. The Hall–Kier alpha value is -0.0200. The summed E-state index contributed by atoms with van der Waals surface area (Å²) in [6.45, 7) is 4.90. The van der Waals surface area contributed by atoms with Gasteiger partial charge in [0.05, 0.1) is 5.01 Å². The molecule has 0 amide bonds. The minimum absolute atomic E-state index is 0. The van der Waals surface area contributed by atoms with Gasteiger partial charge in [-0.05, 0) is 13.3 Å². The number of guanidine groups is 1. The molecule has 0 atom stereocenters. The molecular formula is C12H21IN4S2. The van der Waals surface area contributed by atoms with Gasteiger partial charge in [0.2, 0.25) is 0 Å². The molecule has 1 aromatic rings. The SMILES string of the molecule is Cc1csc(CCCN=C(N)N2CCSCC2)n1.I. The van der Waals surface area contributed by atoms with Gasteiger partial charge in [-0.3, -0.25) is 4.99 Å². The summed E-state index contributed by atoms with van der Waals surface area (Å²) < 4.78 is 0. The highest BCUT2D eigenvalue weighted by Crippen LogP contribution is 2.11. The van der Waals surface area contributed by atoms with E-state index in [9.17, 15) is 0 Å². The Labute approximate surface area is 140 Å². The Kier molecular flexibility index (Phi) is 8.08. The molecule has 7 heteroatoms. The van der Waals surface area contributed by atoms with Crippen molar-refractivity contribution in [2.45, 2.75) is 19.8 Å². The quantitative estimate of drug-likeness (QED) is 0.357. The highest BCUT2D eigenvalue weighted by Gasteiger charge is 2.11. The maximum atomic E-state index is 5.99. The summed E-state index contributed by atoms with van der Waals surface area (Å²) in [5.41, 5.74) is 7.10. The molecule has 19 heavy (non-hydrogen) atoms. The Morgan fingerprint density at radius 1 is 1.47 bits per heavy atom. The average Bonchev–Trinajstić information content (AvgIpc) is 2.81. The van der Waals surface area contributed by atoms with Crippen LogP contribution in [0.1, 0.15) is 17.1 Å². The number of hydrogen-bond donors (Lipinski definition) is 1. The smallest absolute Gasteiger partial charge is 0.191 e. The summed E-state index contributed by atoms with van der Waals surface area (Å²) in [4.78, 5) is 11.1. The Morgan fingerprint density at radius 2 is 2.21 bits per heavy atom. The molecule has 1 saturated heterocycles. The molecule has 1 aliphatic rings. The number of thioether (sulfide) groups is 1. The summed E-state index contributed by atoms with van der Waals surface area (Å²) in [5, 5.41) is 3.30. The number of aliphatic imine (C=N–C) groups is 1. The standard InChI is InChI=1S/C12H20N4S2.HI/c1-10-9-18-11(15-10)3-2-4-14-12(13)16-5-7-17-8-6-16;/h9H,2-8H2,1H3,(H2,13,14);1H. The van der Waals surface area contributed by atoms with E-state index in [-0.39, 0.29) is 24.0 Å². The number of thiazole rings is 1. The number of aromatic nitrogens is 1. The second-order valence-electron chi connectivity index (χ2n) is 4.33. The molecule has 0 unspecified atom stereocenters. The number of nitrogens with zero attached hydrogens (tertiary/aromatic N) is 3. The number of aryl methyl sites for hydroxylation is 2. The van der Waals surface area contributed by atoms with E-state index in [4.69, 9.17) is 5.73 Å². The van der Waals surface area contributed by atoms with E-state index >= 15 is 0 Å². The van der Waals surface area contributed by atoms with Crippen LogP contribution in [0.15, 0.2) is 10.4 Å². The largest absolute Gasteiger partial charge is 0.370 e. The zero-order valence-corrected chi connectivity index (χ0v) is 15.1. The molecule has 0 aromatic carbocycles. The van der Waals surface area contributed by atoms with E-state index in [1.807, 2.05) is 18.7 Å². The van der Waals surface area contributed by atoms with Gasteiger partial charge in [0, 0.05) is 48.6 Å². The van der Waals surface area contributed by atoms with E-state index in [2.05, 4.69) is 20.3 Å². The fraction of sp³-hybridized carbons (Fsp3) is 0.667. The summed E-state index contributed by atoms with van der Waals surface area (Å²) in [6, 6.07) is 0. The van der Waals surface area contributed by atoms with Gasteiger partial charge in [-0.25, -0.2) is 4.98 Å². The Bertz CT molecular complexity index is 402. The minimum Gasteiger partial charge on any atom is -0.370 e. The van der Waals surface area contributed by atoms with Crippen molar-refractivity contribution in [1.82, 2.24) is 9.88 Å². The van der Waals surface area contributed by atoms with Gasteiger partial charge in [0.25, 0.3) is 0 Å². The van der Waals surface area contributed by atoms with E-state index in [1.54, 1.807) is 11.3 Å². The van der Waals surface area contributed by atoms with E-state index in [1.165, 1.54) is 5.01 Å². The van der Waals surface area contributed by atoms with Gasteiger partial charge in [0.1, 0.15) is 0 Å². The number of hydrogen-bond acceptors (Lipinski definition) is 4. The van der Waals surface area contributed by atoms with Crippen molar-refractivity contribution in [1.29, 1.82) is 0 Å². The van der Waals surface area contributed by atoms with Crippen LogP contribution in [0.25, 0.3) is 0 Å². The van der Waals surface area contributed by atoms with Crippen LogP contribution in [0, 0.1) is 6.92 Å². The summed E-state index contributed by atoms with van der Waals surface area (Å²) in [7, 11) is 0. The van der Waals surface area contributed by atoms with Crippen LogP contribution in [-0.4, -0.2) is 47.0 Å². The van der Waals surface area contributed by atoms with Crippen LogP contribution >= 0.6 is 47.1 Å². The summed E-state index contributed by atoms with van der Waals surface area (Å²) >= 11 is 3.72. The third-order valence-corrected chi connectivity index (χ3v) is 4.79. The van der Waals surface area contributed by atoms with Gasteiger partial charge in [-0.15, -0.1) is 35.3 Å². The van der Waals surface area contributed by atoms with E-state index in [0.29, 0.717) is 5.96 Å². The molecule has 4 nitrogen and oxygen atoms in total. The van der Waals surface area contributed by atoms with Crippen molar-refractivity contribution < 1.29 is 0 Å². The van der Waals surface area contributed by atoms with Gasteiger partial charge < -0.3 is 10.6 Å². The lowest BCUT2D eigenvalue weighted by molar-refractivity contribution is 0.455. The highest BCUT2D eigenvalue weighted by atomic mass is 127. The minimum atomic E-state index is 0. The molecule has 0 radical (unpaired) electrons. The normalized spacial score (nSPS) is 16.3. The van der Waals surface area contributed by atoms with Crippen LogP contribution in [0.5, 0.6) is 0 Å². The van der Waals surface area contributed by atoms with Crippen LogP contribution < -0.4 is 5.73 Å². The van der Waals surface area contributed by atoms with Gasteiger partial charge in [-0.1, -0.05) is 0 Å². The second-order valence-corrected chi connectivity index (χ2v) is 6.49. The summed E-state index contributed by atoms with van der Waals surface area (Å²) in [5.74, 6) is 3.04. The fourth-order valence-electron chi connectivity index (χ4n) is 1.83. The first-order chi connectivity index (χ1) is 8.75.